The first-order chi connectivity index (χ1) is 13.6. The number of aryl methyl sites for hydroxylation is 1. The van der Waals surface area contributed by atoms with Gasteiger partial charge in [0.05, 0.1) is 0 Å². The van der Waals surface area contributed by atoms with Crippen LogP contribution in [-0.2, 0) is 17.8 Å². The first-order valence-electron chi connectivity index (χ1n) is 8.69. The number of hydrogen-bond acceptors (Lipinski definition) is 6. The van der Waals surface area contributed by atoms with Crippen molar-refractivity contribution in [3.8, 4) is 11.6 Å². The lowest BCUT2D eigenvalue weighted by Crippen LogP contribution is -2.26. The fourth-order valence-electron chi connectivity index (χ4n) is 2.74. The molecule has 0 aliphatic rings. The average molecular weight is 375 g/mol. The normalized spacial score (nSPS) is 10.9. The lowest BCUT2D eigenvalue weighted by atomic mass is 10.1. The Balaban J connectivity index is 1.47. The molecule has 0 atom stereocenters. The molecule has 8 heteroatoms. The third kappa shape index (κ3) is 3.96. The summed E-state index contributed by atoms with van der Waals surface area (Å²) in [6.07, 6.45) is 3.36. The quantitative estimate of drug-likeness (QED) is 0.513. The highest BCUT2D eigenvalue weighted by Gasteiger charge is 2.10. The van der Waals surface area contributed by atoms with E-state index in [1.807, 2.05) is 31.2 Å². The Labute approximate surface area is 160 Å². The Hall–Kier alpha value is -3.81. The monoisotopic (exact) mass is 375 g/mol. The third-order valence-corrected chi connectivity index (χ3v) is 4.16. The standard InChI is InChI=1S/C20H17N5O3/c1-14-2-4-17(5-3-14)28-19-6-7-20(27)25(23-19)12-16(26)10-15-8-9-24-18(11-15)21-13-22-24/h2-9,11,13H,10,12H2,1H3. The maximum absolute atomic E-state index is 12.4. The molecule has 0 unspecified atom stereocenters. The molecule has 8 nitrogen and oxygen atoms in total. The van der Waals surface area contributed by atoms with Gasteiger partial charge in [0, 0.05) is 24.8 Å². The molecular formula is C20H17N5O3. The van der Waals surface area contributed by atoms with E-state index >= 15 is 0 Å². The van der Waals surface area contributed by atoms with E-state index < -0.39 is 0 Å². The van der Waals surface area contributed by atoms with Crippen molar-refractivity contribution in [1.29, 1.82) is 0 Å². The Bertz CT molecular complexity index is 1190. The predicted molar refractivity (Wildman–Crippen MR) is 101 cm³/mol. The number of hydrogen-bond donors (Lipinski definition) is 0. The van der Waals surface area contributed by atoms with Gasteiger partial charge in [0.25, 0.3) is 5.56 Å². The Morgan fingerprint density at radius 1 is 1.11 bits per heavy atom. The van der Waals surface area contributed by atoms with E-state index in [0.29, 0.717) is 11.4 Å². The van der Waals surface area contributed by atoms with Gasteiger partial charge in [0.2, 0.25) is 5.88 Å². The molecule has 0 fully saturated rings. The van der Waals surface area contributed by atoms with Gasteiger partial charge in [0.15, 0.2) is 11.4 Å². The molecule has 3 aromatic heterocycles. The van der Waals surface area contributed by atoms with Gasteiger partial charge in [0.1, 0.15) is 18.6 Å². The number of ether oxygens (including phenoxy) is 1. The van der Waals surface area contributed by atoms with Gasteiger partial charge in [-0.15, -0.1) is 5.10 Å². The summed E-state index contributed by atoms with van der Waals surface area (Å²) < 4.78 is 8.40. The van der Waals surface area contributed by atoms with E-state index in [4.69, 9.17) is 4.74 Å². The fraction of sp³-hybridized carbons (Fsp3) is 0.150. The second kappa shape index (κ2) is 7.43. The lowest BCUT2D eigenvalue weighted by molar-refractivity contribution is -0.119. The summed E-state index contributed by atoms with van der Waals surface area (Å²) in [5.41, 5.74) is 2.21. The zero-order chi connectivity index (χ0) is 19.5. The van der Waals surface area contributed by atoms with E-state index in [-0.39, 0.29) is 30.2 Å². The molecule has 0 aliphatic carbocycles. The van der Waals surface area contributed by atoms with Crippen LogP contribution in [0.5, 0.6) is 11.6 Å². The topological polar surface area (TPSA) is 91.4 Å². The summed E-state index contributed by atoms with van der Waals surface area (Å²) in [6.45, 7) is 1.84. The van der Waals surface area contributed by atoms with Crippen LogP contribution in [0.4, 0.5) is 0 Å². The summed E-state index contributed by atoms with van der Waals surface area (Å²) in [7, 11) is 0. The molecule has 4 aromatic rings. The number of carbonyl (C=O) groups excluding carboxylic acids is 1. The highest BCUT2D eigenvalue weighted by molar-refractivity contribution is 5.80. The molecule has 0 N–H and O–H groups in total. The van der Waals surface area contributed by atoms with Crippen LogP contribution in [0.2, 0.25) is 0 Å². The Morgan fingerprint density at radius 3 is 2.75 bits per heavy atom. The number of nitrogens with zero attached hydrogens (tertiary/aromatic N) is 5. The number of Topliss-reactive ketones (excluding diaryl/α,β-unsaturated/α-hetero) is 1. The summed E-state index contributed by atoms with van der Waals surface area (Å²) in [5.74, 6) is 0.711. The van der Waals surface area contributed by atoms with E-state index in [9.17, 15) is 9.59 Å². The predicted octanol–water partition coefficient (Wildman–Crippen LogP) is 2.20. The van der Waals surface area contributed by atoms with Gasteiger partial charge in [-0.3, -0.25) is 9.59 Å². The van der Waals surface area contributed by atoms with E-state index in [1.165, 1.54) is 18.5 Å². The number of pyridine rings is 1. The van der Waals surface area contributed by atoms with Crippen molar-refractivity contribution in [3.63, 3.8) is 0 Å². The van der Waals surface area contributed by atoms with Crippen LogP contribution >= 0.6 is 0 Å². The van der Waals surface area contributed by atoms with Gasteiger partial charge in [-0.2, -0.15) is 5.10 Å². The highest BCUT2D eigenvalue weighted by atomic mass is 16.5. The summed E-state index contributed by atoms with van der Waals surface area (Å²) in [4.78, 5) is 28.6. The van der Waals surface area contributed by atoms with Crippen LogP contribution in [0.25, 0.3) is 5.65 Å². The van der Waals surface area contributed by atoms with Crippen LogP contribution in [0, 0.1) is 6.92 Å². The third-order valence-electron chi connectivity index (χ3n) is 4.16. The molecule has 0 saturated heterocycles. The average Bonchev–Trinajstić information content (AvgIpc) is 3.14. The van der Waals surface area contributed by atoms with E-state index in [1.54, 1.807) is 22.8 Å². The molecule has 0 amide bonds. The largest absolute Gasteiger partial charge is 0.438 e. The number of carbonyl (C=O) groups is 1. The maximum Gasteiger partial charge on any atom is 0.267 e. The minimum absolute atomic E-state index is 0.137. The van der Waals surface area contributed by atoms with Crippen molar-refractivity contribution in [3.05, 3.63) is 82.5 Å². The smallest absolute Gasteiger partial charge is 0.267 e. The first kappa shape index (κ1) is 17.6. The zero-order valence-electron chi connectivity index (χ0n) is 15.1. The second-order valence-corrected chi connectivity index (χ2v) is 6.40. The van der Waals surface area contributed by atoms with Gasteiger partial charge in [-0.1, -0.05) is 17.7 Å². The number of rotatable bonds is 6. The number of aromatic nitrogens is 5. The zero-order valence-corrected chi connectivity index (χ0v) is 15.1. The lowest BCUT2D eigenvalue weighted by Gasteiger charge is -2.08. The van der Waals surface area contributed by atoms with Gasteiger partial charge < -0.3 is 4.74 Å². The SMILES string of the molecule is Cc1ccc(Oc2ccc(=O)n(CC(=O)Cc3ccn4ncnc4c3)n2)cc1. The number of ketones is 1. The fourth-order valence-corrected chi connectivity index (χ4v) is 2.74. The van der Waals surface area contributed by atoms with Gasteiger partial charge in [-0.25, -0.2) is 14.2 Å². The Kier molecular flexibility index (Phi) is 4.67. The molecule has 1 aromatic carbocycles. The van der Waals surface area contributed by atoms with Crippen LogP contribution < -0.4 is 10.3 Å². The van der Waals surface area contributed by atoms with Crippen molar-refractivity contribution in [1.82, 2.24) is 24.4 Å². The van der Waals surface area contributed by atoms with Crippen LogP contribution in [0.15, 0.2) is 65.8 Å². The van der Waals surface area contributed by atoms with Crippen LogP contribution in [-0.4, -0.2) is 30.2 Å². The van der Waals surface area contributed by atoms with Gasteiger partial charge in [-0.05, 0) is 36.8 Å². The summed E-state index contributed by atoms with van der Waals surface area (Å²) in [5, 5.41) is 8.17. The Morgan fingerprint density at radius 2 is 1.93 bits per heavy atom. The molecular weight excluding hydrogens is 358 g/mol. The van der Waals surface area contributed by atoms with Crippen LogP contribution in [0.3, 0.4) is 0 Å². The van der Waals surface area contributed by atoms with Crippen molar-refractivity contribution in [2.75, 3.05) is 0 Å². The maximum atomic E-state index is 12.4. The van der Waals surface area contributed by atoms with Crippen molar-refractivity contribution >= 4 is 11.4 Å². The minimum atomic E-state index is -0.363. The molecule has 0 saturated carbocycles. The first-order valence-corrected chi connectivity index (χ1v) is 8.69. The van der Waals surface area contributed by atoms with Crippen LogP contribution in [0.1, 0.15) is 11.1 Å². The van der Waals surface area contributed by atoms with Crippen molar-refractivity contribution in [2.24, 2.45) is 0 Å². The summed E-state index contributed by atoms with van der Waals surface area (Å²) in [6, 6.07) is 13.9. The molecule has 4 rings (SSSR count). The second-order valence-electron chi connectivity index (χ2n) is 6.40. The molecule has 0 radical (unpaired) electrons. The molecule has 0 spiro atoms. The molecule has 28 heavy (non-hydrogen) atoms. The summed E-state index contributed by atoms with van der Waals surface area (Å²) >= 11 is 0. The highest BCUT2D eigenvalue weighted by Crippen LogP contribution is 2.18. The molecule has 3 heterocycles. The van der Waals surface area contributed by atoms with Crippen molar-refractivity contribution < 1.29 is 9.53 Å². The number of fused-ring (bicyclic) bond motifs is 1. The van der Waals surface area contributed by atoms with E-state index in [0.717, 1.165) is 15.8 Å². The van der Waals surface area contributed by atoms with Gasteiger partial charge >= 0.3 is 0 Å². The van der Waals surface area contributed by atoms with E-state index in [2.05, 4.69) is 15.2 Å². The molecule has 140 valence electrons. The molecule has 0 bridgehead atoms. The van der Waals surface area contributed by atoms with Crippen molar-refractivity contribution in [2.45, 2.75) is 19.9 Å². The number of benzene rings is 1. The minimum Gasteiger partial charge on any atom is -0.438 e. The molecule has 0 aliphatic heterocycles.